The van der Waals surface area contributed by atoms with Gasteiger partial charge in [0.25, 0.3) is 0 Å². The summed E-state index contributed by atoms with van der Waals surface area (Å²) in [6, 6.07) is 10.2. The van der Waals surface area contributed by atoms with E-state index in [2.05, 4.69) is 16.7 Å². The number of rotatable bonds is 4. The number of nitrogens with zero attached hydrogens (tertiary/aromatic N) is 3. The van der Waals surface area contributed by atoms with Crippen molar-refractivity contribution < 1.29 is 4.39 Å². The Morgan fingerprint density at radius 1 is 1.05 bits per heavy atom. The first-order valence-electron chi connectivity index (χ1n) is 6.62. The summed E-state index contributed by atoms with van der Waals surface area (Å²) in [5, 5.41) is 4.58. The monoisotopic (exact) mass is 279 g/mol. The summed E-state index contributed by atoms with van der Waals surface area (Å²) in [6.45, 7) is 4.36. The number of aromatic nitrogens is 3. The summed E-state index contributed by atoms with van der Waals surface area (Å²) in [5.74, 6) is -0.255. The SMILES string of the molecule is C=CCn1cc(-c2ccncc2)c(-c2ccc(F)cc2)n1. The van der Waals surface area contributed by atoms with Crippen LogP contribution in [0.1, 0.15) is 0 Å². The van der Waals surface area contributed by atoms with Crippen LogP contribution in [0, 0.1) is 5.82 Å². The molecule has 1 aromatic carbocycles. The molecule has 0 radical (unpaired) electrons. The fourth-order valence-corrected chi connectivity index (χ4v) is 2.21. The van der Waals surface area contributed by atoms with Crippen LogP contribution in [0.15, 0.2) is 67.6 Å². The third kappa shape index (κ3) is 2.74. The lowest BCUT2D eigenvalue weighted by Crippen LogP contribution is -1.94. The lowest BCUT2D eigenvalue weighted by Gasteiger charge is -2.02. The minimum absolute atomic E-state index is 0.255. The van der Waals surface area contributed by atoms with E-state index in [4.69, 9.17) is 0 Å². The van der Waals surface area contributed by atoms with Gasteiger partial charge in [0.05, 0.1) is 6.54 Å². The van der Waals surface area contributed by atoms with Crippen LogP contribution >= 0.6 is 0 Å². The number of halogens is 1. The molecular weight excluding hydrogens is 265 g/mol. The highest BCUT2D eigenvalue weighted by Crippen LogP contribution is 2.30. The van der Waals surface area contributed by atoms with Crippen molar-refractivity contribution in [2.24, 2.45) is 0 Å². The highest BCUT2D eigenvalue weighted by Gasteiger charge is 2.12. The molecule has 0 atom stereocenters. The minimum Gasteiger partial charge on any atom is -0.268 e. The van der Waals surface area contributed by atoms with Crippen LogP contribution in [-0.4, -0.2) is 14.8 Å². The number of benzene rings is 1. The van der Waals surface area contributed by atoms with Gasteiger partial charge in [-0.05, 0) is 42.0 Å². The van der Waals surface area contributed by atoms with Crippen LogP contribution < -0.4 is 0 Å². The Kier molecular flexibility index (Phi) is 3.60. The molecule has 0 bridgehead atoms. The van der Waals surface area contributed by atoms with Crippen molar-refractivity contribution in [3.05, 3.63) is 73.5 Å². The van der Waals surface area contributed by atoms with Crippen molar-refractivity contribution in [3.8, 4) is 22.4 Å². The zero-order valence-electron chi connectivity index (χ0n) is 11.4. The van der Waals surface area contributed by atoms with Gasteiger partial charge in [0.1, 0.15) is 11.5 Å². The molecule has 2 heterocycles. The van der Waals surface area contributed by atoms with E-state index in [1.807, 2.05) is 23.0 Å². The fourth-order valence-electron chi connectivity index (χ4n) is 2.21. The maximum absolute atomic E-state index is 13.1. The smallest absolute Gasteiger partial charge is 0.123 e. The molecule has 3 aromatic rings. The van der Waals surface area contributed by atoms with E-state index < -0.39 is 0 Å². The summed E-state index contributed by atoms with van der Waals surface area (Å²) in [7, 11) is 0. The van der Waals surface area contributed by atoms with Gasteiger partial charge in [0.2, 0.25) is 0 Å². The molecule has 0 unspecified atom stereocenters. The van der Waals surface area contributed by atoms with E-state index >= 15 is 0 Å². The molecule has 3 nitrogen and oxygen atoms in total. The average molecular weight is 279 g/mol. The molecule has 0 saturated carbocycles. The predicted molar refractivity (Wildman–Crippen MR) is 81.0 cm³/mol. The minimum atomic E-state index is -0.255. The molecule has 104 valence electrons. The van der Waals surface area contributed by atoms with Gasteiger partial charge in [-0.1, -0.05) is 6.08 Å². The zero-order chi connectivity index (χ0) is 14.7. The standard InChI is InChI=1S/C17H14FN3/c1-2-11-21-12-16(13-7-9-19-10-8-13)17(20-21)14-3-5-15(18)6-4-14/h2-10,12H,1,11H2. The Morgan fingerprint density at radius 3 is 2.43 bits per heavy atom. The molecule has 0 amide bonds. The number of hydrogen-bond acceptors (Lipinski definition) is 2. The van der Waals surface area contributed by atoms with Gasteiger partial charge in [0.15, 0.2) is 0 Å². The Bertz CT molecular complexity index is 745. The van der Waals surface area contributed by atoms with E-state index in [1.165, 1.54) is 12.1 Å². The second kappa shape index (κ2) is 5.71. The Balaban J connectivity index is 2.14. The maximum Gasteiger partial charge on any atom is 0.123 e. The third-order valence-corrected chi connectivity index (χ3v) is 3.19. The molecule has 0 fully saturated rings. The number of pyridine rings is 1. The summed E-state index contributed by atoms with van der Waals surface area (Å²) >= 11 is 0. The molecule has 0 aliphatic carbocycles. The highest BCUT2D eigenvalue weighted by atomic mass is 19.1. The van der Waals surface area contributed by atoms with E-state index in [-0.39, 0.29) is 5.82 Å². The van der Waals surface area contributed by atoms with Gasteiger partial charge in [-0.15, -0.1) is 6.58 Å². The third-order valence-electron chi connectivity index (χ3n) is 3.19. The second-order valence-corrected chi connectivity index (χ2v) is 4.64. The molecule has 0 N–H and O–H groups in total. The van der Waals surface area contributed by atoms with E-state index in [0.29, 0.717) is 6.54 Å². The van der Waals surface area contributed by atoms with Crippen molar-refractivity contribution in [2.45, 2.75) is 6.54 Å². The molecule has 0 aliphatic rings. The van der Waals surface area contributed by atoms with Crippen molar-refractivity contribution in [1.82, 2.24) is 14.8 Å². The summed E-state index contributed by atoms with van der Waals surface area (Å²) in [5.41, 5.74) is 3.72. The largest absolute Gasteiger partial charge is 0.268 e. The van der Waals surface area contributed by atoms with Gasteiger partial charge in [-0.25, -0.2) is 4.39 Å². The Morgan fingerprint density at radius 2 is 1.76 bits per heavy atom. The van der Waals surface area contributed by atoms with Crippen LogP contribution in [0.4, 0.5) is 4.39 Å². The lowest BCUT2D eigenvalue weighted by molar-refractivity contribution is 0.628. The Labute approximate surface area is 122 Å². The first-order valence-corrected chi connectivity index (χ1v) is 6.62. The second-order valence-electron chi connectivity index (χ2n) is 4.64. The van der Waals surface area contributed by atoms with Gasteiger partial charge in [-0.2, -0.15) is 5.10 Å². The first kappa shape index (κ1) is 13.2. The number of allylic oxidation sites excluding steroid dienone is 1. The summed E-state index contributed by atoms with van der Waals surface area (Å²) < 4.78 is 14.9. The van der Waals surface area contributed by atoms with Gasteiger partial charge in [0, 0.05) is 29.7 Å². The van der Waals surface area contributed by atoms with Gasteiger partial charge >= 0.3 is 0 Å². The van der Waals surface area contributed by atoms with Crippen molar-refractivity contribution in [2.75, 3.05) is 0 Å². The van der Waals surface area contributed by atoms with Crippen LogP contribution in [0.5, 0.6) is 0 Å². The molecule has 21 heavy (non-hydrogen) atoms. The summed E-state index contributed by atoms with van der Waals surface area (Å²) in [6.07, 6.45) is 7.25. The van der Waals surface area contributed by atoms with Crippen LogP contribution in [0.25, 0.3) is 22.4 Å². The van der Waals surface area contributed by atoms with E-state index in [9.17, 15) is 4.39 Å². The molecular formula is C17H14FN3. The molecule has 0 spiro atoms. The zero-order valence-corrected chi connectivity index (χ0v) is 11.4. The van der Waals surface area contributed by atoms with E-state index in [0.717, 1.165) is 22.4 Å². The molecule has 0 aliphatic heterocycles. The van der Waals surface area contributed by atoms with Crippen molar-refractivity contribution in [1.29, 1.82) is 0 Å². The molecule has 3 rings (SSSR count). The Hall–Kier alpha value is -2.75. The topological polar surface area (TPSA) is 30.7 Å². The van der Waals surface area contributed by atoms with Crippen LogP contribution in [0.3, 0.4) is 0 Å². The predicted octanol–water partition coefficient (Wildman–Crippen LogP) is 3.94. The highest BCUT2D eigenvalue weighted by molar-refractivity contribution is 5.80. The average Bonchev–Trinajstić information content (AvgIpc) is 2.93. The van der Waals surface area contributed by atoms with Crippen LogP contribution in [-0.2, 0) is 6.54 Å². The maximum atomic E-state index is 13.1. The normalized spacial score (nSPS) is 10.5. The molecule has 0 saturated heterocycles. The lowest BCUT2D eigenvalue weighted by atomic mass is 10.0. The molecule has 2 aromatic heterocycles. The molecule has 4 heteroatoms. The first-order chi connectivity index (χ1) is 10.3. The number of hydrogen-bond donors (Lipinski definition) is 0. The van der Waals surface area contributed by atoms with Gasteiger partial charge < -0.3 is 0 Å². The van der Waals surface area contributed by atoms with Gasteiger partial charge in [-0.3, -0.25) is 9.67 Å². The van der Waals surface area contributed by atoms with Crippen molar-refractivity contribution in [3.63, 3.8) is 0 Å². The van der Waals surface area contributed by atoms with Crippen LogP contribution in [0.2, 0.25) is 0 Å². The van der Waals surface area contributed by atoms with Crippen molar-refractivity contribution >= 4 is 0 Å². The summed E-state index contributed by atoms with van der Waals surface area (Å²) in [4.78, 5) is 4.04. The quantitative estimate of drug-likeness (QED) is 0.677. The van der Waals surface area contributed by atoms with E-state index in [1.54, 1.807) is 30.6 Å². The fraction of sp³-hybridized carbons (Fsp3) is 0.0588.